The van der Waals surface area contributed by atoms with E-state index in [4.69, 9.17) is 10.5 Å². The predicted molar refractivity (Wildman–Crippen MR) is 81.6 cm³/mol. The summed E-state index contributed by atoms with van der Waals surface area (Å²) in [7, 11) is 1.59. The zero-order chi connectivity index (χ0) is 15.8. The zero-order valence-corrected chi connectivity index (χ0v) is 12.7. The third kappa shape index (κ3) is 5.53. The van der Waals surface area contributed by atoms with Gasteiger partial charge in [-0.25, -0.2) is 0 Å². The molecule has 0 aromatic heterocycles. The lowest BCUT2D eigenvalue weighted by atomic mass is 10.1. The highest BCUT2D eigenvalue weighted by atomic mass is 16.5. The van der Waals surface area contributed by atoms with E-state index in [1.165, 1.54) is 0 Å². The van der Waals surface area contributed by atoms with Gasteiger partial charge in [-0.05, 0) is 12.0 Å². The third-order valence-corrected chi connectivity index (χ3v) is 3.04. The molecule has 4 N–H and O–H groups in total. The molecule has 0 aliphatic rings. The van der Waals surface area contributed by atoms with Crippen LogP contribution in [0.3, 0.4) is 0 Å². The van der Waals surface area contributed by atoms with Crippen LogP contribution >= 0.6 is 0 Å². The summed E-state index contributed by atoms with van der Waals surface area (Å²) in [5.41, 5.74) is 7.25. The maximum absolute atomic E-state index is 11.9. The molecule has 0 fully saturated rings. The summed E-state index contributed by atoms with van der Waals surface area (Å²) in [4.78, 5) is 23.5. The average molecular weight is 293 g/mol. The molecule has 0 heterocycles. The Bertz CT molecular complexity index is 489. The molecule has 6 heteroatoms. The highest BCUT2D eigenvalue weighted by Gasteiger charge is 2.17. The predicted octanol–water partition coefficient (Wildman–Crippen LogP) is 0.871. The number of carbonyl (C=O) groups is 2. The monoisotopic (exact) mass is 293 g/mol. The minimum atomic E-state index is -0.612. The van der Waals surface area contributed by atoms with Gasteiger partial charge in [0.05, 0.1) is 19.2 Å². The smallest absolute Gasteiger partial charge is 0.243 e. The number of ether oxygens (including phenoxy) is 1. The number of nitrogens with two attached hydrogens (primary N) is 1. The molecule has 21 heavy (non-hydrogen) atoms. The second-order valence-electron chi connectivity index (χ2n) is 5.13. The molecule has 0 spiro atoms. The fourth-order valence-corrected chi connectivity index (χ4v) is 1.71. The normalized spacial score (nSPS) is 12.0. The molecule has 1 atom stereocenters. The Balaban J connectivity index is 2.53. The third-order valence-electron chi connectivity index (χ3n) is 3.04. The van der Waals surface area contributed by atoms with E-state index in [0.717, 1.165) is 5.56 Å². The summed E-state index contributed by atoms with van der Waals surface area (Å²) < 4.78 is 5.07. The largest absolute Gasteiger partial charge is 0.380 e. The molecule has 6 nitrogen and oxygen atoms in total. The van der Waals surface area contributed by atoms with Gasteiger partial charge in [-0.1, -0.05) is 32.0 Å². The van der Waals surface area contributed by atoms with Gasteiger partial charge in [0, 0.05) is 18.4 Å². The Morgan fingerprint density at radius 2 is 1.95 bits per heavy atom. The van der Waals surface area contributed by atoms with Gasteiger partial charge in [0.2, 0.25) is 11.8 Å². The van der Waals surface area contributed by atoms with Crippen molar-refractivity contribution in [3.63, 3.8) is 0 Å². The summed E-state index contributed by atoms with van der Waals surface area (Å²) in [5.74, 6) is -0.608. The lowest BCUT2D eigenvalue weighted by molar-refractivity contribution is -0.125. The van der Waals surface area contributed by atoms with E-state index in [2.05, 4.69) is 10.6 Å². The Morgan fingerprint density at radius 3 is 2.57 bits per heavy atom. The molecule has 2 amide bonds. The molecule has 0 bridgehead atoms. The van der Waals surface area contributed by atoms with Gasteiger partial charge in [0.25, 0.3) is 0 Å². The molecule has 1 aromatic rings. The van der Waals surface area contributed by atoms with Crippen molar-refractivity contribution in [2.24, 2.45) is 11.7 Å². The van der Waals surface area contributed by atoms with Crippen molar-refractivity contribution in [2.75, 3.05) is 19.0 Å². The van der Waals surface area contributed by atoms with E-state index in [-0.39, 0.29) is 24.3 Å². The van der Waals surface area contributed by atoms with Gasteiger partial charge in [-0.3, -0.25) is 9.59 Å². The van der Waals surface area contributed by atoms with Gasteiger partial charge < -0.3 is 21.1 Å². The summed E-state index contributed by atoms with van der Waals surface area (Å²) in [6.45, 7) is 4.00. The fraction of sp³-hybridized carbons (Fsp3) is 0.467. The highest BCUT2D eigenvalue weighted by molar-refractivity contribution is 5.95. The minimum Gasteiger partial charge on any atom is -0.380 e. The zero-order valence-electron chi connectivity index (χ0n) is 12.7. The Kier molecular flexibility index (Phi) is 6.84. The van der Waals surface area contributed by atoms with Crippen LogP contribution in [0.4, 0.5) is 5.69 Å². The Hall–Kier alpha value is -1.92. The number of carbonyl (C=O) groups excluding carboxylic acids is 2. The van der Waals surface area contributed by atoms with E-state index in [1.54, 1.807) is 13.2 Å². The number of benzene rings is 1. The molecule has 0 saturated heterocycles. The van der Waals surface area contributed by atoms with Crippen LogP contribution in [0, 0.1) is 5.92 Å². The van der Waals surface area contributed by atoms with Crippen molar-refractivity contribution >= 4 is 17.5 Å². The first-order chi connectivity index (χ1) is 9.95. The lowest BCUT2D eigenvalue weighted by Crippen LogP contribution is -2.46. The quantitative estimate of drug-likeness (QED) is 0.695. The minimum absolute atomic E-state index is 0.0236. The molecule has 116 valence electrons. The van der Waals surface area contributed by atoms with Gasteiger partial charge in [-0.2, -0.15) is 0 Å². The topological polar surface area (TPSA) is 93.5 Å². The standard InChI is InChI=1S/C15H23N3O3/c1-10(2)14(16)15(20)17-8-13(19)18-12-7-5-4-6-11(12)9-21-3/h4-7,10,14H,8-9,16H2,1-3H3,(H,17,20)(H,18,19)/t14-/m0/s1. The summed E-state index contributed by atoms with van der Waals surface area (Å²) in [6, 6.07) is 6.73. The fourth-order valence-electron chi connectivity index (χ4n) is 1.71. The summed E-state index contributed by atoms with van der Waals surface area (Å²) >= 11 is 0. The second kappa shape index (κ2) is 8.39. The summed E-state index contributed by atoms with van der Waals surface area (Å²) in [6.07, 6.45) is 0. The molecule has 0 saturated carbocycles. The number of hydrogen-bond acceptors (Lipinski definition) is 4. The number of rotatable bonds is 7. The van der Waals surface area contributed by atoms with E-state index in [0.29, 0.717) is 12.3 Å². The molecule has 1 aromatic carbocycles. The number of para-hydroxylation sites is 1. The van der Waals surface area contributed by atoms with Gasteiger partial charge >= 0.3 is 0 Å². The molecule has 0 unspecified atom stereocenters. The van der Waals surface area contributed by atoms with Crippen LogP contribution in [0.1, 0.15) is 19.4 Å². The molecule has 0 aliphatic heterocycles. The van der Waals surface area contributed by atoms with Gasteiger partial charge in [0.1, 0.15) is 0 Å². The van der Waals surface area contributed by atoms with Crippen molar-refractivity contribution in [1.82, 2.24) is 5.32 Å². The first-order valence-electron chi connectivity index (χ1n) is 6.85. The number of methoxy groups -OCH3 is 1. The van der Waals surface area contributed by atoms with E-state index in [1.807, 2.05) is 32.0 Å². The van der Waals surface area contributed by atoms with Crippen LogP contribution < -0.4 is 16.4 Å². The van der Waals surface area contributed by atoms with Crippen LogP contribution in [-0.4, -0.2) is 31.5 Å². The number of nitrogens with one attached hydrogen (secondary N) is 2. The first-order valence-corrected chi connectivity index (χ1v) is 6.85. The SMILES string of the molecule is COCc1ccccc1NC(=O)CNC(=O)[C@@H](N)C(C)C. The van der Waals surface area contributed by atoms with Crippen LogP contribution in [0.5, 0.6) is 0 Å². The molecule has 0 radical (unpaired) electrons. The number of hydrogen-bond donors (Lipinski definition) is 3. The van der Waals surface area contributed by atoms with Crippen molar-refractivity contribution in [2.45, 2.75) is 26.5 Å². The van der Waals surface area contributed by atoms with Crippen LogP contribution in [0.25, 0.3) is 0 Å². The second-order valence-corrected chi connectivity index (χ2v) is 5.13. The van der Waals surface area contributed by atoms with Crippen molar-refractivity contribution in [1.29, 1.82) is 0 Å². The van der Waals surface area contributed by atoms with Crippen LogP contribution in [0.2, 0.25) is 0 Å². The van der Waals surface area contributed by atoms with Crippen molar-refractivity contribution in [3.05, 3.63) is 29.8 Å². The first kappa shape index (κ1) is 17.1. The van der Waals surface area contributed by atoms with Gasteiger partial charge in [-0.15, -0.1) is 0 Å². The van der Waals surface area contributed by atoms with E-state index in [9.17, 15) is 9.59 Å². The van der Waals surface area contributed by atoms with E-state index >= 15 is 0 Å². The summed E-state index contributed by atoms with van der Waals surface area (Å²) in [5, 5.41) is 5.27. The van der Waals surface area contributed by atoms with Gasteiger partial charge in [0.15, 0.2) is 0 Å². The molecular weight excluding hydrogens is 270 g/mol. The molecular formula is C15H23N3O3. The van der Waals surface area contributed by atoms with Crippen molar-refractivity contribution in [3.8, 4) is 0 Å². The lowest BCUT2D eigenvalue weighted by Gasteiger charge is -2.15. The number of amides is 2. The molecule has 0 aliphatic carbocycles. The van der Waals surface area contributed by atoms with Crippen LogP contribution in [0.15, 0.2) is 24.3 Å². The maximum Gasteiger partial charge on any atom is 0.243 e. The number of anilines is 1. The maximum atomic E-state index is 11.9. The Labute approximate surface area is 125 Å². The van der Waals surface area contributed by atoms with E-state index < -0.39 is 6.04 Å². The molecule has 1 rings (SSSR count). The Morgan fingerprint density at radius 1 is 1.29 bits per heavy atom. The highest BCUT2D eigenvalue weighted by Crippen LogP contribution is 2.15. The average Bonchev–Trinajstić information content (AvgIpc) is 2.46. The van der Waals surface area contributed by atoms with Crippen molar-refractivity contribution < 1.29 is 14.3 Å². The van der Waals surface area contributed by atoms with Crippen LogP contribution in [-0.2, 0) is 20.9 Å².